The molecule has 0 amide bonds. The fraction of sp³-hybridized carbons (Fsp3) is 0.333. The molecular weight excluding hydrogens is 242 g/mol. The van der Waals surface area contributed by atoms with E-state index in [2.05, 4.69) is 12.2 Å². The molecule has 0 atom stereocenters. The number of furan rings is 1. The van der Waals surface area contributed by atoms with Gasteiger partial charge in [0, 0.05) is 17.8 Å². The summed E-state index contributed by atoms with van der Waals surface area (Å²) in [6, 6.07) is 8.01. The van der Waals surface area contributed by atoms with Crippen molar-refractivity contribution < 1.29 is 4.42 Å². The van der Waals surface area contributed by atoms with Crippen molar-refractivity contribution in [3.05, 3.63) is 45.0 Å². The van der Waals surface area contributed by atoms with Crippen molar-refractivity contribution in [2.75, 3.05) is 0 Å². The van der Waals surface area contributed by atoms with Crippen LogP contribution in [0.5, 0.6) is 0 Å². The molecule has 0 fully saturated rings. The van der Waals surface area contributed by atoms with Crippen LogP contribution >= 0.6 is 22.9 Å². The number of rotatable bonds is 5. The van der Waals surface area contributed by atoms with Crippen LogP contribution < -0.4 is 5.32 Å². The minimum absolute atomic E-state index is 0.759. The summed E-state index contributed by atoms with van der Waals surface area (Å²) in [6.07, 6.45) is 0.945. The molecule has 16 heavy (non-hydrogen) atoms. The molecule has 0 unspecified atom stereocenters. The largest absolute Gasteiger partial charge is 0.465 e. The molecule has 0 aliphatic carbocycles. The normalized spacial score (nSPS) is 10.9. The Hall–Kier alpha value is -0.770. The van der Waals surface area contributed by atoms with Crippen LogP contribution in [0.2, 0.25) is 4.34 Å². The second-order valence-corrected chi connectivity index (χ2v) is 5.33. The highest BCUT2D eigenvalue weighted by Crippen LogP contribution is 2.21. The van der Waals surface area contributed by atoms with E-state index in [1.54, 1.807) is 11.3 Å². The van der Waals surface area contributed by atoms with Crippen molar-refractivity contribution in [1.82, 2.24) is 5.32 Å². The number of aryl methyl sites for hydroxylation is 1. The van der Waals surface area contributed by atoms with E-state index in [1.165, 1.54) is 4.88 Å². The molecule has 0 aliphatic heterocycles. The van der Waals surface area contributed by atoms with Gasteiger partial charge >= 0.3 is 0 Å². The zero-order chi connectivity index (χ0) is 11.4. The van der Waals surface area contributed by atoms with Crippen molar-refractivity contribution >= 4 is 22.9 Å². The summed E-state index contributed by atoms with van der Waals surface area (Å²) in [6.45, 7) is 3.68. The predicted octanol–water partition coefficient (Wildman–Crippen LogP) is 3.85. The molecule has 2 rings (SSSR count). The Morgan fingerprint density at radius 1 is 1.19 bits per heavy atom. The van der Waals surface area contributed by atoms with E-state index in [0.29, 0.717) is 0 Å². The van der Waals surface area contributed by atoms with Gasteiger partial charge in [-0.2, -0.15) is 0 Å². The molecule has 4 heteroatoms. The Morgan fingerprint density at radius 3 is 2.62 bits per heavy atom. The second kappa shape index (κ2) is 5.53. The quantitative estimate of drug-likeness (QED) is 0.878. The molecule has 0 bridgehead atoms. The van der Waals surface area contributed by atoms with Gasteiger partial charge in [-0.25, -0.2) is 0 Å². The lowest BCUT2D eigenvalue weighted by molar-refractivity contribution is 0.451. The molecule has 2 heterocycles. The van der Waals surface area contributed by atoms with Crippen LogP contribution in [0.25, 0.3) is 0 Å². The molecule has 0 saturated carbocycles. The number of hydrogen-bond acceptors (Lipinski definition) is 3. The van der Waals surface area contributed by atoms with Gasteiger partial charge in [0.05, 0.1) is 10.9 Å². The molecule has 0 spiro atoms. The molecule has 2 aromatic rings. The molecule has 86 valence electrons. The van der Waals surface area contributed by atoms with E-state index >= 15 is 0 Å². The lowest BCUT2D eigenvalue weighted by Crippen LogP contribution is -2.10. The third-order valence-electron chi connectivity index (χ3n) is 2.29. The van der Waals surface area contributed by atoms with E-state index in [-0.39, 0.29) is 0 Å². The number of halogens is 1. The van der Waals surface area contributed by atoms with E-state index in [9.17, 15) is 0 Å². The first-order chi connectivity index (χ1) is 7.78. The molecule has 1 N–H and O–H groups in total. The second-order valence-electron chi connectivity index (χ2n) is 3.53. The molecule has 0 saturated heterocycles. The molecule has 2 aromatic heterocycles. The minimum atomic E-state index is 0.759. The van der Waals surface area contributed by atoms with Crippen LogP contribution in [0.1, 0.15) is 23.3 Å². The summed E-state index contributed by atoms with van der Waals surface area (Å²) in [5, 5.41) is 3.33. The van der Waals surface area contributed by atoms with Crippen molar-refractivity contribution in [2.45, 2.75) is 26.4 Å². The van der Waals surface area contributed by atoms with Gasteiger partial charge < -0.3 is 9.73 Å². The Balaban J connectivity index is 1.79. The van der Waals surface area contributed by atoms with E-state index < -0.39 is 0 Å². The van der Waals surface area contributed by atoms with Gasteiger partial charge in [-0.05, 0) is 24.3 Å². The summed E-state index contributed by atoms with van der Waals surface area (Å²) < 4.78 is 6.43. The van der Waals surface area contributed by atoms with Crippen LogP contribution in [0.3, 0.4) is 0 Å². The first-order valence-corrected chi connectivity index (χ1v) is 6.50. The average molecular weight is 256 g/mol. The number of nitrogens with one attached hydrogen (secondary N) is 1. The van der Waals surface area contributed by atoms with Crippen LogP contribution in [-0.4, -0.2) is 0 Å². The molecule has 0 radical (unpaired) electrons. The number of hydrogen-bond donors (Lipinski definition) is 1. The lowest BCUT2D eigenvalue weighted by atomic mass is 10.3. The smallest absolute Gasteiger partial charge is 0.117 e. The van der Waals surface area contributed by atoms with Gasteiger partial charge in [0.2, 0.25) is 0 Å². The highest BCUT2D eigenvalue weighted by molar-refractivity contribution is 7.16. The van der Waals surface area contributed by atoms with Gasteiger partial charge in [0.15, 0.2) is 0 Å². The molecule has 0 aliphatic rings. The van der Waals surface area contributed by atoms with Crippen molar-refractivity contribution in [2.24, 2.45) is 0 Å². The summed E-state index contributed by atoms with van der Waals surface area (Å²) >= 11 is 7.46. The molecule has 2 nitrogen and oxygen atoms in total. The first kappa shape index (κ1) is 11.7. The summed E-state index contributed by atoms with van der Waals surface area (Å²) in [7, 11) is 0. The highest BCUT2D eigenvalue weighted by atomic mass is 35.5. The fourth-order valence-electron chi connectivity index (χ4n) is 1.46. The summed E-state index contributed by atoms with van der Waals surface area (Å²) in [5.74, 6) is 2.02. The van der Waals surface area contributed by atoms with Crippen LogP contribution in [0, 0.1) is 0 Å². The summed E-state index contributed by atoms with van der Waals surface area (Å²) in [4.78, 5) is 1.24. The predicted molar refractivity (Wildman–Crippen MR) is 68.0 cm³/mol. The summed E-state index contributed by atoms with van der Waals surface area (Å²) in [5.41, 5.74) is 0. The molecular formula is C12H14ClNOS. The SMILES string of the molecule is CCc1ccc(CNCc2ccc(Cl)s2)o1. The van der Waals surface area contributed by atoms with Gasteiger partial charge in [-0.1, -0.05) is 18.5 Å². The van der Waals surface area contributed by atoms with Gasteiger partial charge in [-0.3, -0.25) is 0 Å². The van der Waals surface area contributed by atoms with Gasteiger partial charge in [0.25, 0.3) is 0 Å². The van der Waals surface area contributed by atoms with Crippen LogP contribution in [0.15, 0.2) is 28.7 Å². The maximum atomic E-state index is 5.85. The maximum Gasteiger partial charge on any atom is 0.117 e. The Labute approximate surface area is 104 Å². The monoisotopic (exact) mass is 255 g/mol. The zero-order valence-corrected chi connectivity index (χ0v) is 10.7. The zero-order valence-electron chi connectivity index (χ0n) is 9.13. The van der Waals surface area contributed by atoms with Crippen molar-refractivity contribution in [1.29, 1.82) is 0 Å². The molecule has 0 aromatic carbocycles. The van der Waals surface area contributed by atoms with E-state index in [4.69, 9.17) is 16.0 Å². The van der Waals surface area contributed by atoms with Crippen LogP contribution in [-0.2, 0) is 19.5 Å². The maximum absolute atomic E-state index is 5.85. The van der Waals surface area contributed by atoms with Gasteiger partial charge in [-0.15, -0.1) is 11.3 Å². The van der Waals surface area contributed by atoms with Crippen molar-refractivity contribution in [3.63, 3.8) is 0 Å². The number of thiophene rings is 1. The standard InChI is InChI=1S/C12H14ClNOS/c1-2-9-3-4-10(15-9)7-14-8-11-5-6-12(13)16-11/h3-6,14H,2,7-8H2,1H3. The van der Waals surface area contributed by atoms with Crippen molar-refractivity contribution in [3.8, 4) is 0 Å². The van der Waals surface area contributed by atoms with E-state index in [0.717, 1.165) is 35.4 Å². The Morgan fingerprint density at radius 2 is 2.00 bits per heavy atom. The third kappa shape index (κ3) is 3.11. The lowest BCUT2D eigenvalue weighted by Gasteiger charge is -1.99. The van der Waals surface area contributed by atoms with E-state index in [1.807, 2.05) is 24.3 Å². The highest BCUT2D eigenvalue weighted by Gasteiger charge is 2.01. The minimum Gasteiger partial charge on any atom is -0.465 e. The average Bonchev–Trinajstić information content (AvgIpc) is 2.88. The fourth-order valence-corrected chi connectivity index (χ4v) is 2.52. The van der Waals surface area contributed by atoms with Gasteiger partial charge in [0.1, 0.15) is 11.5 Å². The topological polar surface area (TPSA) is 25.2 Å². The first-order valence-electron chi connectivity index (χ1n) is 5.30. The third-order valence-corrected chi connectivity index (χ3v) is 3.52. The Bertz CT molecular complexity index is 449. The van der Waals surface area contributed by atoms with Crippen LogP contribution in [0.4, 0.5) is 0 Å². The Kier molecular flexibility index (Phi) is 4.04.